The van der Waals surface area contributed by atoms with Crippen molar-refractivity contribution >= 4 is 28.7 Å². The SMILES string of the molecule is COc1ccccc1Nc1nnc(-c2nc3cc([C@H]4CC[C@H](CC(=O)O)CC4)ccc3[nH]2)o1. The highest BCUT2D eigenvalue weighted by molar-refractivity contribution is 5.79. The van der Waals surface area contributed by atoms with Crippen LogP contribution in [0.3, 0.4) is 0 Å². The van der Waals surface area contributed by atoms with Gasteiger partial charge in [-0.05, 0) is 67.3 Å². The number of benzene rings is 2. The minimum Gasteiger partial charge on any atom is -0.495 e. The Bertz CT molecular complexity index is 1270. The molecule has 0 saturated heterocycles. The van der Waals surface area contributed by atoms with E-state index in [0.29, 0.717) is 23.4 Å². The van der Waals surface area contributed by atoms with E-state index in [1.54, 1.807) is 7.11 Å². The maximum absolute atomic E-state index is 11.0. The highest BCUT2D eigenvalue weighted by atomic mass is 16.5. The fourth-order valence-corrected chi connectivity index (χ4v) is 4.56. The molecule has 0 bridgehead atoms. The van der Waals surface area contributed by atoms with Crippen LogP contribution in [0.1, 0.15) is 43.6 Å². The Morgan fingerprint density at radius 3 is 2.79 bits per heavy atom. The molecule has 1 aliphatic rings. The average molecular weight is 447 g/mol. The van der Waals surface area contributed by atoms with Gasteiger partial charge in [-0.2, -0.15) is 0 Å². The average Bonchev–Trinajstić information content (AvgIpc) is 3.46. The zero-order valence-electron chi connectivity index (χ0n) is 18.2. The Morgan fingerprint density at radius 2 is 2.00 bits per heavy atom. The number of carbonyl (C=O) groups is 1. The quantitative estimate of drug-likeness (QED) is 0.357. The van der Waals surface area contributed by atoms with Crippen molar-refractivity contribution in [3.8, 4) is 17.5 Å². The number of ether oxygens (including phenoxy) is 1. The molecule has 9 nitrogen and oxygen atoms in total. The Kier molecular flexibility index (Phi) is 5.68. The third kappa shape index (κ3) is 4.52. The van der Waals surface area contributed by atoms with Gasteiger partial charge >= 0.3 is 12.0 Å². The first-order valence-corrected chi connectivity index (χ1v) is 11.0. The second kappa shape index (κ2) is 8.93. The molecule has 5 rings (SSSR count). The lowest BCUT2D eigenvalue weighted by Crippen LogP contribution is -2.16. The van der Waals surface area contributed by atoms with E-state index in [2.05, 4.69) is 37.6 Å². The molecule has 9 heteroatoms. The minimum absolute atomic E-state index is 0.244. The number of hydrogen-bond donors (Lipinski definition) is 3. The van der Waals surface area contributed by atoms with Crippen LogP contribution < -0.4 is 10.1 Å². The molecule has 2 aromatic heterocycles. The second-order valence-corrected chi connectivity index (χ2v) is 8.42. The van der Waals surface area contributed by atoms with Gasteiger partial charge in [-0.3, -0.25) is 4.79 Å². The molecule has 4 aromatic rings. The van der Waals surface area contributed by atoms with Gasteiger partial charge < -0.3 is 24.6 Å². The number of aromatic amines is 1. The molecule has 2 heterocycles. The molecule has 1 aliphatic carbocycles. The van der Waals surface area contributed by atoms with Gasteiger partial charge in [0, 0.05) is 6.42 Å². The van der Waals surface area contributed by atoms with Gasteiger partial charge in [0.15, 0.2) is 5.82 Å². The van der Waals surface area contributed by atoms with E-state index in [4.69, 9.17) is 14.3 Å². The first-order chi connectivity index (χ1) is 16.1. The van der Waals surface area contributed by atoms with Gasteiger partial charge in [0.2, 0.25) is 0 Å². The summed E-state index contributed by atoms with van der Waals surface area (Å²) < 4.78 is 11.1. The summed E-state index contributed by atoms with van der Waals surface area (Å²) in [6.45, 7) is 0. The van der Waals surface area contributed by atoms with Crippen LogP contribution in [0, 0.1) is 5.92 Å². The van der Waals surface area contributed by atoms with Gasteiger partial charge in [-0.25, -0.2) is 4.98 Å². The fraction of sp³-hybridized carbons (Fsp3) is 0.333. The zero-order chi connectivity index (χ0) is 22.8. The van der Waals surface area contributed by atoms with E-state index < -0.39 is 5.97 Å². The van der Waals surface area contributed by atoms with Crippen LogP contribution in [0.15, 0.2) is 46.9 Å². The number of nitrogens with zero attached hydrogens (tertiary/aromatic N) is 3. The van der Waals surface area contributed by atoms with E-state index >= 15 is 0 Å². The molecule has 3 N–H and O–H groups in total. The van der Waals surface area contributed by atoms with Crippen molar-refractivity contribution in [1.29, 1.82) is 0 Å². The number of carboxylic acid groups (broad SMARTS) is 1. The topological polar surface area (TPSA) is 126 Å². The van der Waals surface area contributed by atoms with Crippen molar-refractivity contribution in [3.63, 3.8) is 0 Å². The maximum atomic E-state index is 11.0. The van der Waals surface area contributed by atoms with Crippen LogP contribution in [0.4, 0.5) is 11.7 Å². The monoisotopic (exact) mass is 447 g/mol. The smallest absolute Gasteiger partial charge is 0.320 e. The number of rotatable bonds is 7. The van der Waals surface area contributed by atoms with E-state index in [0.717, 1.165) is 42.4 Å². The van der Waals surface area contributed by atoms with Gasteiger partial charge in [-0.1, -0.05) is 23.3 Å². The lowest BCUT2D eigenvalue weighted by molar-refractivity contribution is -0.138. The number of H-pyrrole nitrogens is 1. The van der Waals surface area contributed by atoms with Crippen LogP contribution >= 0.6 is 0 Å². The molecule has 1 fully saturated rings. The molecule has 0 aliphatic heterocycles. The van der Waals surface area contributed by atoms with Gasteiger partial charge in [0.25, 0.3) is 5.89 Å². The predicted molar refractivity (Wildman–Crippen MR) is 123 cm³/mol. The highest BCUT2D eigenvalue weighted by Gasteiger charge is 2.24. The van der Waals surface area contributed by atoms with Crippen LogP contribution in [0.2, 0.25) is 0 Å². The van der Waals surface area contributed by atoms with Gasteiger partial charge in [0.05, 0.1) is 23.8 Å². The van der Waals surface area contributed by atoms with Crippen LogP contribution in [-0.4, -0.2) is 38.4 Å². The number of fused-ring (bicyclic) bond motifs is 1. The molecule has 1 saturated carbocycles. The number of nitrogens with one attached hydrogen (secondary N) is 2. The summed E-state index contributed by atoms with van der Waals surface area (Å²) in [5.74, 6) is 1.49. The number of anilines is 2. The molecule has 0 atom stereocenters. The molecular weight excluding hydrogens is 422 g/mol. The summed E-state index contributed by atoms with van der Waals surface area (Å²) >= 11 is 0. The van der Waals surface area contributed by atoms with Crippen LogP contribution in [0.5, 0.6) is 5.75 Å². The van der Waals surface area contributed by atoms with Crippen molar-refractivity contribution in [2.24, 2.45) is 5.92 Å². The van der Waals surface area contributed by atoms with Crippen molar-refractivity contribution < 1.29 is 19.1 Å². The first kappa shape index (κ1) is 21.0. The van der Waals surface area contributed by atoms with E-state index in [-0.39, 0.29) is 18.4 Å². The summed E-state index contributed by atoms with van der Waals surface area (Å²) in [5.41, 5.74) is 3.69. The lowest BCUT2D eigenvalue weighted by Gasteiger charge is -2.27. The number of imidazole rings is 1. The fourth-order valence-electron chi connectivity index (χ4n) is 4.56. The van der Waals surface area contributed by atoms with Gasteiger partial charge in [-0.15, -0.1) is 5.10 Å². The Hall–Kier alpha value is -3.88. The van der Waals surface area contributed by atoms with E-state index in [1.165, 1.54) is 5.56 Å². The Labute approximate surface area is 190 Å². The summed E-state index contributed by atoms with van der Waals surface area (Å²) in [4.78, 5) is 18.9. The van der Waals surface area contributed by atoms with E-state index in [1.807, 2.05) is 30.3 Å². The lowest BCUT2D eigenvalue weighted by atomic mass is 9.77. The highest BCUT2D eigenvalue weighted by Crippen LogP contribution is 2.38. The first-order valence-electron chi connectivity index (χ1n) is 11.0. The second-order valence-electron chi connectivity index (χ2n) is 8.42. The summed E-state index contributed by atoms with van der Waals surface area (Å²) in [6.07, 6.45) is 4.17. The Morgan fingerprint density at radius 1 is 1.18 bits per heavy atom. The number of carboxylic acids is 1. The zero-order valence-corrected chi connectivity index (χ0v) is 18.2. The van der Waals surface area contributed by atoms with Crippen molar-refractivity contribution in [3.05, 3.63) is 48.0 Å². The van der Waals surface area contributed by atoms with Gasteiger partial charge in [0.1, 0.15) is 5.75 Å². The normalized spacial score (nSPS) is 18.3. The molecule has 33 heavy (non-hydrogen) atoms. The molecule has 170 valence electrons. The third-order valence-corrected chi connectivity index (χ3v) is 6.26. The Balaban J connectivity index is 1.31. The largest absolute Gasteiger partial charge is 0.495 e. The summed E-state index contributed by atoms with van der Waals surface area (Å²) in [7, 11) is 1.60. The summed E-state index contributed by atoms with van der Waals surface area (Å²) in [5, 5.41) is 20.3. The number of aromatic nitrogens is 4. The number of methoxy groups -OCH3 is 1. The van der Waals surface area contributed by atoms with Crippen molar-refractivity contribution in [1.82, 2.24) is 20.2 Å². The number of para-hydroxylation sites is 2. The minimum atomic E-state index is -0.703. The van der Waals surface area contributed by atoms with E-state index in [9.17, 15) is 4.79 Å². The van der Waals surface area contributed by atoms with Crippen LogP contribution in [0.25, 0.3) is 22.7 Å². The predicted octanol–water partition coefficient (Wildman–Crippen LogP) is 5.11. The number of aliphatic carboxylic acids is 1. The molecule has 0 spiro atoms. The molecule has 0 amide bonds. The number of hydrogen-bond acceptors (Lipinski definition) is 7. The summed E-state index contributed by atoms with van der Waals surface area (Å²) in [6, 6.07) is 14.0. The van der Waals surface area contributed by atoms with Crippen LogP contribution in [-0.2, 0) is 4.79 Å². The van der Waals surface area contributed by atoms with Crippen molar-refractivity contribution in [2.45, 2.75) is 38.0 Å². The standard InChI is InChI=1S/C24H25N5O4/c1-32-20-5-3-2-4-18(20)27-24-29-28-23(33-24)22-25-17-11-10-16(13-19(17)26-22)15-8-6-14(7-9-15)12-21(30)31/h2-5,10-11,13-15H,6-9,12H2,1H3,(H,25,26)(H,27,29)(H,30,31)/t14-,15-. The maximum Gasteiger partial charge on any atom is 0.320 e. The molecule has 2 aromatic carbocycles. The molecule has 0 radical (unpaired) electrons. The molecule has 0 unspecified atom stereocenters. The third-order valence-electron chi connectivity index (χ3n) is 6.26. The molecular formula is C24H25N5O4. The van der Waals surface area contributed by atoms with Crippen molar-refractivity contribution in [2.75, 3.05) is 12.4 Å².